The molecular formula is C30H52F6O3Si2. The lowest BCUT2D eigenvalue weighted by Crippen LogP contribution is -2.61. The predicted molar refractivity (Wildman–Crippen MR) is 157 cm³/mol. The first-order valence-corrected chi connectivity index (χ1v) is 21.2. The van der Waals surface area contributed by atoms with Crippen LogP contribution >= 0.6 is 0 Å². The van der Waals surface area contributed by atoms with E-state index in [1.165, 1.54) is 19.6 Å². The highest BCUT2D eigenvalue weighted by Crippen LogP contribution is 2.62. The number of hydrogen-bond acceptors (Lipinski definition) is 3. The Morgan fingerprint density at radius 3 is 2.00 bits per heavy atom. The molecule has 2 rings (SSSR count). The Kier molecular flexibility index (Phi) is 8.17. The monoisotopic (exact) mass is 636 g/mol. The fourth-order valence-electron chi connectivity index (χ4n) is 7.29. The van der Waals surface area contributed by atoms with Gasteiger partial charge in [0, 0.05) is 20.6 Å². The number of fused-ring (bicyclic) bond motifs is 1. The van der Waals surface area contributed by atoms with Crippen LogP contribution in [-0.2, 0) is 13.6 Å². The molecule has 41 heavy (non-hydrogen) atoms. The third-order valence-corrected chi connectivity index (χ3v) is 10.6. The summed E-state index contributed by atoms with van der Waals surface area (Å²) in [4.78, 5) is 12.9. The molecule has 2 aliphatic rings. The van der Waals surface area contributed by atoms with Crippen molar-refractivity contribution in [2.45, 2.75) is 148 Å². The summed E-state index contributed by atoms with van der Waals surface area (Å²) in [6, 6.07) is 0. The number of rotatable bonds is 12. The van der Waals surface area contributed by atoms with Gasteiger partial charge in [0.05, 0.1) is 5.60 Å². The minimum absolute atomic E-state index is 0.0358. The van der Waals surface area contributed by atoms with E-state index in [1.54, 1.807) is 26.6 Å². The number of carbonyl (C=O) groups excluding carboxylic acids is 1. The van der Waals surface area contributed by atoms with E-state index in [0.29, 0.717) is 32.1 Å². The number of hydrogen-bond donors (Lipinski definition) is 0. The van der Waals surface area contributed by atoms with E-state index in [-0.39, 0.29) is 43.0 Å². The van der Waals surface area contributed by atoms with E-state index in [9.17, 15) is 31.1 Å². The summed E-state index contributed by atoms with van der Waals surface area (Å²) >= 11 is 0. The first-order chi connectivity index (χ1) is 20.7. The molecule has 0 radical (unpaired) electrons. The van der Waals surface area contributed by atoms with Crippen molar-refractivity contribution in [1.82, 2.24) is 0 Å². The van der Waals surface area contributed by atoms with E-state index in [2.05, 4.69) is 0 Å². The maximum Gasteiger partial charge on any atom is 0.429 e. The Labute approximate surface area is 253 Å². The molecule has 2 unspecified atom stereocenters. The summed E-state index contributed by atoms with van der Waals surface area (Å²) in [7, 11) is -6.19. The van der Waals surface area contributed by atoms with Gasteiger partial charge in [0.25, 0.3) is 5.60 Å². The van der Waals surface area contributed by atoms with Crippen LogP contribution in [0.2, 0.25) is 39.3 Å². The van der Waals surface area contributed by atoms with Crippen molar-refractivity contribution in [2.24, 2.45) is 22.7 Å². The Morgan fingerprint density at radius 2 is 1.51 bits per heavy atom. The van der Waals surface area contributed by atoms with Crippen molar-refractivity contribution in [2.75, 3.05) is 0 Å². The lowest BCUT2D eigenvalue weighted by atomic mass is 9.56. The van der Waals surface area contributed by atoms with Crippen LogP contribution < -0.4 is 0 Å². The molecule has 0 aromatic rings. The summed E-state index contributed by atoms with van der Waals surface area (Å²) in [5, 5.41) is 0. The molecule has 2 fully saturated rings. The predicted octanol–water partition coefficient (Wildman–Crippen LogP) is 10.2. The minimum Gasteiger partial charge on any atom is -0.413 e. The fourth-order valence-corrected chi connectivity index (χ4v) is 9.70. The van der Waals surface area contributed by atoms with E-state index in [1.807, 2.05) is 6.92 Å². The number of carbonyl (C=O) groups is 1. The zero-order chi connectivity index (χ0) is 36.9. The standard InChI is InChI=1S/C30H52F6O3Si2/c1-25(2,38-40(5,6)7)17-12-18-26(3,24-16-15-22-23(37)14-11-20-27(22,24)4)19-13-21-28(29(31,32)33,30(34,35)36)39-41(8,9)10/h13,21-22,24H,11-12,14-20H2,1-10H3/b21-13+/t22?,24-,26?,27+/m1/s1/i1D3,2D3. The van der Waals surface area contributed by atoms with Gasteiger partial charge in [-0.25, -0.2) is 0 Å². The molecule has 240 valence electrons. The molecule has 2 saturated carbocycles. The molecule has 0 saturated heterocycles. The van der Waals surface area contributed by atoms with E-state index >= 15 is 0 Å². The van der Waals surface area contributed by atoms with Gasteiger partial charge in [0.15, 0.2) is 16.6 Å². The van der Waals surface area contributed by atoms with Crippen LogP contribution in [0.1, 0.15) is 93.6 Å². The number of allylic oxidation sites excluding steroid dienone is 1. The highest BCUT2D eigenvalue weighted by molar-refractivity contribution is 6.70. The van der Waals surface area contributed by atoms with Crippen LogP contribution in [0.5, 0.6) is 0 Å². The van der Waals surface area contributed by atoms with Crippen LogP contribution in [0, 0.1) is 22.7 Å². The summed E-state index contributed by atoms with van der Waals surface area (Å²) < 4.78 is 146. The van der Waals surface area contributed by atoms with Crippen molar-refractivity contribution in [1.29, 1.82) is 0 Å². The molecule has 0 spiro atoms. The van der Waals surface area contributed by atoms with Gasteiger partial charge in [0.1, 0.15) is 5.78 Å². The van der Waals surface area contributed by atoms with Crippen LogP contribution in [0.15, 0.2) is 12.2 Å². The summed E-state index contributed by atoms with van der Waals surface area (Å²) in [6.45, 7) is 6.30. The van der Waals surface area contributed by atoms with Crippen molar-refractivity contribution < 1.29 is 48.2 Å². The second-order valence-corrected chi connectivity index (χ2v) is 23.5. The highest BCUT2D eigenvalue weighted by Gasteiger charge is 2.71. The Bertz CT molecular complexity index is 1120. The lowest BCUT2D eigenvalue weighted by Gasteiger charge is -2.48. The zero-order valence-electron chi connectivity index (χ0n) is 31.7. The van der Waals surface area contributed by atoms with E-state index in [0.717, 1.165) is 6.08 Å². The summed E-state index contributed by atoms with van der Waals surface area (Å²) in [6.07, 6.45) is -8.65. The molecule has 0 amide bonds. The molecule has 11 heteroatoms. The van der Waals surface area contributed by atoms with Crippen LogP contribution in [0.4, 0.5) is 26.3 Å². The second-order valence-electron chi connectivity index (χ2n) is 14.6. The zero-order valence-corrected chi connectivity index (χ0v) is 27.7. The maximum absolute atomic E-state index is 14.3. The molecule has 0 aromatic heterocycles. The van der Waals surface area contributed by atoms with Crippen molar-refractivity contribution >= 4 is 22.4 Å². The van der Waals surface area contributed by atoms with Gasteiger partial charge < -0.3 is 8.85 Å². The quantitative estimate of drug-likeness (QED) is 0.121. The van der Waals surface area contributed by atoms with Gasteiger partial charge in [-0.05, 0) is 121 Å². The van der Waals surface area contributed by atoms with Gasteiger partial charge in [0.2, 0.25) is 0 Å². The lowest BCUT2D eigenvalue weighted by molar-refractivity contribution is -0.340. The molecule has 0 aromatic carbocycles. The van der Waals surface area contributed by atoms with Gasteiger partial charge in [-0.3, -0.25) is 4.79 Å². The summed E-state index contributed by atoms with van der Waals surface area (Å²) in [5.41, 5.74) is -8.64. The van der Waals surface area contributed by atoms with Crippen LogP contribution in [-0.4, -0.2) is 46.0 Å². The van der Waals surface area contributed by atoms with Crippen molar-refractivity contribution in [3.63, 3.8) is 0 Å². The molecule has 3 nitrogen and oxygen atoms in total. The first kappa shape index (κ1) is 27.9. The molecule has 2 aliphatic carbocycles. The van der Waals surface area contributed by atoms with Crippen LogP contribution in [0.25, 0.3) is 0 Å². The Balaban J connectivity index is 2.65. The van der Waals surface area contributed by atoms with E-state index in [4.69, 9.17) is 17.1 Å². The molecular weight excluding hydrogens is 578 g/mol. The first-order valence-electron chi connectivity index (χ1n) is 17.4. The number of alkyl halides is 6. The minimum atomic E-state index is -5.81. The third-order valence-electron chi connectivity index (χ3n) is 8.71. The number of ketones is 1. The van der Waals surface area contributed by atoms with Crippen LogP contribution in [0.3, 0.4) is 0 Å². The smallest absolute Gasteiger partial charge is 0.413 e. The molecule has 0 N–H and O–H groups in total. The van der Waals surface area contributed by atoms with Gasteiger partial charge in [-0.15, -0.1) is 0 Å². The Hall–Kier alpha value is -0.656. The average Bonchev–Trinajstić information content (AvgIpc) is 3.17. The van der Waals surface area contributed by atoms with Crippen molar-refractivity contribution in [3.8, 4) is 0 Å². The third kappa shape index (κ3) is 8.72. The fraction of sp³-hybridized carbons (Fsp3) is 0.900. The maximum atomic E-state index is 14.3. The molecule has 0 heterocycles. The molecule has 0 bridgehead atoms. The highest BCUT2D eigenvalue weighted by atomic mass is 28.4. The number of Topliss-reactive ketones (excluding diaryl/α,β-unsaturated/α-hetero) is 1. The van der Waals surface area contributed by atoms with Crippen molar-refractivity contribution in [3.05, 3.63) is 12.2 Å². The van der Waals surface area contributed by atoms with Gasteiger partial charge >= 0.3 is 12.4 Å². The van der Waals surface area contributed by atoms with E-state index < -0.39 is 71.1 Å². The topological polar surface area (TPSA) is 35.5 Å². The molecule has 0 aliphatic heterocycles. The second kappa shape index (κ2) is 12.0. The normalized spacial score (nSPS) is 29.7. The summed E-state index contributed by atoms with van der Waals surface area (Å²) in [5.74, 6) is -0.530. The van der Waals surface area contributed by atoms with Gasteiger partial charge in [-0.2, -0.15) is 26.3 Å². The average molecular weight is 637 g/mol. The largest absolute Gasteiger partial charge is 0.429 e. The SMILES string of the molecule is [2H]C([2H])([2H])C(CCCC(C)(C/C=C/C(O[Si](C)(C)C)(C(F)(F)F)C(F)(F)F)[C@H]1CCC2C(=O)CCC[C@@]21C)(O[Si](C)(C)C)C([2H])([2H])[2H]. The Morgan fingerprint density at radius 1 is 0.951 bits per heavy atom. The van der Waals surface area contributed by atoms with Gasteiger partial charge in [-0.1, -0.05) is 26.3 Å². The number of halogens is 6. The molecule has 4 atom stereocenters.